The van der Waals surface area contributed by atoms with Gasteiger partial charge in [0, 0.05) is 0 Å². The fourth-order valence-corrected chi connectivity index (χ4v) is 7.43. The highest BCUT2D eigenvalue weighted by Crippen LogP contribution is 2.63. The molecule has 0 amide bonds. The Morgan fingerprint density at radius 1 is 0.478 bits per heavy atom. The number of hydrogen-bond acceptors (Lipinski definition) is 2. The van der Waals surface area contributed by atoms with Gasteiger partial charge in [-0.25, -0.2) is 0 Å². The monoisotopic (exact) mass is 596 g/mol. The van der Waals surface area contributed by atoms with Gasteiger partial charge in [0.05, 0.1) is 16.6 Å². The van der Waals surface area contributed by atoms with E-state index >= 15 is 0 Å². The predicted octanol–water partition coefficient (Wildman–Crippen LogP) is 8.91. The maximum absolute atomic E-state index is 10.5. The van der Waals surface area contributed by atoms with Crippen molar-refractivity contribution in [2.24, 2.45) is 0 Å². The van der Waals surface area contributed by atoms with E-state index in [-0.39, 0.29) is 5.41 Å². The Kier molecular flexibility index (Phi) is 6.51. The van der Waals surface area contributed by atoms with Gasteiger partial charge < -0.3 is 9.76 Å². The minimum Gasteiger partial charge on any atom is -0.427 e. The van der Waals surface area contributed by atoms with Crippen LogP contribution >= 0.6 is 0 Å². The second-order valence-electron chi connectivity index (χ2n) is 13.8. The number of aliphatic hydroxyl groups is 1. The summed E-state index contributed by atoms with van der Waals surface area (Å²) in [7, 11) is 0.431. The smallest absolute Gasteiger partial charge is 0.309 e. The van der Waals surface area contributed by atoms with Crippen LogP contribution in [-0.4, -0.2) is 23.8 Å². The van der Waals surface area contributed by atoms with Crippen LogP contribution in [0.5, 0.6) is 0 Å². The van der Waals surface area contributed by atoms with Gasteiger partial charge in [0.1, 0.15) is 0 Å². The first kappa shape index (κ1) is 28.8. The van der Waals surface area contributed by atoms with Gasteiger partial charge in [0.25, 0.3) is 0 Å². The zero-order chi connectivity index (χ0) is 31.7. The van der Waals surface area contributed by atoms with E-state index in [0.717, 1.165) is 16.6 Å². The molecule has 1 spiro atoms. The summed E-state index contributed by atoms with van der Waals surface area (Å²) in [6.45, 7) is 7.45. The highest BCUT2D eigenvalue weighted by Gasteiger charge is 2.51. The molecule has 2 aliphatic rings. The lowest BCUT2D eigenvalue weighted by Gasteiger charge is -2.37. The van der Waals surface area contributed by atoms with E-state index in [2.05, 4.69) is 140 Å². The Bertz CT molecular complexity index is 2070. The Balaban J connectivity index is 1.22. The third-order valence-electron chi connectivity index (χ3n) is 10.5. The predicted molar refractivity (Wildman–Crippen MR) is 192 cm³/mol. The highest BCUT2D eigenvalue weighted by atomic mass is 16.5. The van der Waals surface area contributed by atoms with E-state index in [4.69, 9.17) is 4.65 Å². The zero-order valence-electron chi connectivity index (χ0n) is 26.8. The molecule has 0 aliphatic heterocycles. The molecule has 6 aromatic rings. The first-order valence-corrected chi connectivity index (χ1v) is 16.2. The number of fused-ring (bicyclic) bond motifs is 10. The molecule has 1 N–H and O–H groups in total. The minimum atomic E-state index is -0.947. The van der Waals surface area contributed by atoms with Crippen LogP contribution in [0, 0.1) is 0 Å². The molecule has 0 fully saturated rings. The maximum atomic E-state index is 10.5. The molecule has 6 aromatic carbocycles. The Labute approximate surface area is 272 Å². The van der Waals surface area contributed by atoms with Gasteiger partial charge in [-0.3, -0.25) is 0 Å². The van der Waals surface area contributed by atoms with Gasteiger partial charge in [-0.1, -0.05) is 133 Å². The van der Waals surface area contributed by atoms with E-state index in [9.17, 15) is 5.11 Å². The van der Waals surface area contributed by atoms with Crippen LogP contribution in [0.25, 0.3) is 44.5 Å². The van der Waals surface area contributed by atoms with Crippen LogP contribution in [-0.2, 0) is 10.1 Å². The van der Waals surface area contributed by atoms with Crippen LogP contribution < -0.4 is 5.46 Å². The number of benzene rings is 6. The fraction of sp³-hybridized carbons (Fsp3) is 0.163. The molecule has 2 aliphatic carbocycles. The Morgan fingerprint density at radius 3 is 1.48 bits per heavy atom. The molecule has 0 radical (unpaired) electrons. The number of hydrogen-bond donors (Lipinski definition) is 1. The van der Waals surface area contributed by atoms with Crippen molar-refractivity contribution in [1.29, 1.82) is 0 Å². The van der Waals surface area contributed by atoms with Crippen LogP contribution in [0.3, 0.4) is 0 Å². The second kappa shape index (κ2) is 10.4. The average Bonchev–Trinajstić information content (AvgIpc) is 3.54. The zero-order valence-corrected chi connectivity index (χ0v) is 26.8. The third kappa shape index (κ3) is 4.26. The summed E-state index contributed by atoms with van der Waals surface area (Å²) >= 11 is 0. The van der Waals surface area contributed by atoms with Crippen molar-refractivity contribution in [3.8, 4) is 44.5 Å². The molecule has 0 heterocycles. The van der Waals surface area contributed by atoms with Crippen LogP contribution in [0.4, 0.5) is 0 Å². The molecule has 0 saturated carbocycles. The lowest BCUT2D eigenvalue weighted by Crippen LogP contribution is -2.49. The van der Waals surface area contributed by atoms with Crippen molar-refractivity contribution in [2.45, 2.75) is 44.3 Å². The van der Waals surface area contributed by atoms with E-state index in [1.807, 2.05) is 13.8 Å². The van der Waals surface area contributed by atoms with Crippen LogP contribution in [0.1, 0.15) is 49.9 Å². The summed E-state index contributed by atoms with van der Waals surface area (Å²) < 4.78 is 6.18. The van der Waals surface area contributed by atoms with Crippen molar-refractivity contribution < 1.29 is 9.76 Å². The molecule has 0 atom stereocenters. The van der Waals surface area contributed by atoms with E-state index in [1.54, 1.807) is 13.8 Å². The van der Waals surface area contributed by atoms with E-state index in [0.29, 0.717) is 7.48 Å². The molecule has 2 nitrogen and oxygen atoms in total. The van der Waals surface area contributed by atoms with Crippen molar-refractivity contribution in [3.63, 3.8) is 0 Å². The first-order valence-electron chi connectivity index (χ1n) is 16.2. The molecule has 8 rings (SSSR count). The molecule has 0 unspecified atom stereocenters. The van der Waals surface area contributed by atoms with Crippen LogP contribution in [0.2, 0.25) is 0 Å². The largest absolute Gasteiger partial charge is 0.427 e. The van der Waals surface area contributed by atoms with Crippen molar-refractivity contribution in [3.05, 3.63) is 162 Å². The molecule has 0 aromatic heterocycles. The average molecular weight is 597 g/mol. The van der Waals surface area contributed by atoms with Gasteiger partial charge >= 0.3 is 7.48 Å². The summed E-state index contributed by atoms with van der Waals surface area (Å²) in [6.07, 6.45) is 0. The lowest BCUT2D eigenvalue weighted by molar-refractivity contribution is -0.0893. The topological polar surface area (TPSA) is 29.5 Å². The molecule has 46 heavy (non-hydrogen) atoms. The second-order valence-corrected chi connectivity index (χ2v) is 13.8. The minimum absolute atomic E-state index is 0.349. The first-order chi connectivity index (χ1) is 22.2. The van der Waals surface area contributed by atoms with Gasteiger partial charge in [-0.05, 0) is 107 Å². The Hall–Kier alpha value is -4.70. The summed E-state index contributed by atoms with van der Waals surface area (Å²) in [5, 5.41) is 10.5. The molecule has 0 saturated heterocycles. The quantitative estimate of drug-likeness (QED) is 0.194. The molecular formula is C43H37BO2. The van der Waals surface area contributed by atoms with Crippen LogP contribution in [0.15, 0.2) is 140 Å². The van der Waals surface area contributed by atoms with Crippen molar-refractivity contribution >= 4 is 12.9 Å². The summed E-state index contributed by atoms with van der Waals surface area (Å²) in [5.41, 5.74) is 14.5. The molecule has 3 heteroatoms. The van der Waals surface area contributed by atoms with Gasteiger partial charge in [0.2, 0.25) is 0 Å². The summed E-state index contributed by atoms with van der Waals surface area (Å²) in [5.74, 6) is 0. The van der Waals surface area contributed by atoms with Gasteiger partial charge in [-0.15, -0.1) is 0 Å². The van der Waals surface area contributed by atoms with E-state index in [1.165, 1.54) is 55.6 Å². The molecule has 224 valence electrons. The van der Waals surface area contributed by atoms with Crippen molar-refractivity contribution in [2.75, 3.05) is 0 Å². The SMILES string of the molecule is CC(C)(O)C(C)(C)OBc1cccc(-c2cccc(-c3ccc4c(c3)C3(c5ccccc5-c5ccccc53)c3ccccc3-4)c2)c1. The number of rotatable bonds is 6. The summed E-state index contributed by atoms with van der Waals surface area (Å²) in [6, 6.07) is 51.3. The van der Waals surface area contributed by atoms with Gasteiger partial charge in [0.15, 0.2) is 0 Å². The lowest BCUT2D eigenvalue weighted by atomic mass is 9.70. The Morgan fingerprint density at radius 2 is 0.935 bits per heavy atom. The maximum Gasteiger partial charge on any atom is 0.309 e. The standard InChI is InChI=1S/C43H37BO2/c1-41(2,45)42(3,4)46-44-32-16-12-15-30(26-32)28-13-11-14-29(25-28)31-23-24-36-35-19-7-10-22-39(35)43(40(36)27-31)37-20-8-5-17-33(37)34-18-6-9-21-38(34)43/h5-27,44-45H,1-4H3. The molecular weight excluding hydrogens is 559 g/mol. The van der Waals surface area contributed by atoms with E-state index < -0.39 is 11.2 Å². The third-order valence-corrected chi connectivity index (χ3v) is 10.5. The van der Waals surface area contributed by atoms with Gasteiger partial charge in [-0.2, -0.15) is 0 Å². The fourth-order valence-electron chi connectivity index (χ4n) is 7.43. The van der Waals surface area contributed by atoms with Crippen molar-refractivity contribution in [1.82, 2.24) is 0 Å². The summed E-state index contributed by atoms with van der Waals surface area (Å²) in [4.78, 5) is 0. The molecule has 0 bridgehead atoms. The normalized spacial score (nSPS) is 14.0. The highest BCUT2D eigenvalue weighted by molar-refractivity contribution is 6.47.